The summed E-state index contributed by atoms with van der Waals surface area (Å²) in [5, 5.41) is 0. The number of hydrogen-bond acceptors (Lipinski definition) is 5. The SMILES string of the molecule is CCOC(=O)Oc1ccccc1CC(=O)OC. The summed E-state index contributed by atoms with van der Waals surface area (Å²) in [5.74, 6) is -0.0961. The van der Waals surface area contributed by atoms with E-state index in [9.17, 15) is 9.59 Å². The fraction of sp³-hybridized carbons (Fsp3) is 0.333. The number of ether oxygens (including phenoxy) is 3. The topological polar surface area (TPSA) is 61.8 Å². The molecule has 0 aromatic heterocycles. The Hall–Kier alpha value is -2.04. The molecule has 0 heterocycles. The maximum absolute atomic E-state index is 11.2. The number of carbonyl (C=O) groups is 2. The molecule has 0 aliphatic heterocycles. The highest BCUT2D eigenvalue weighted by atomic mass is 16.7. The highest BCUT2D eigenvalue weighted by Crippen LogP contribution is 2.19. The molecule has 1 aromatic carbocycles. The zero-order valence-corrected chi connectivity index (χ0v) is 9.76. The lowest BCUT2D eigenvalue weighted by Crippen LogP contribution is -2.12. The Bertz CT molecular complexity index is 400. The van der Waals surface area contributed by atoms with Gasteiger partial charge in [0.25, 0.3) is 0 Å². The van der Waals surface area contributed by atoms with Crippen LogP contribution in [-0.4, -0.2) is 25.8 Å². The number of hydrogen-bond donors (Lipinski definition) is 0. The van der Waals surface area contributed by atoms with Crippen LogP contribution in [0.1, 0.15) is 12.5 Å². The first kappa shape index (κ1) is 13.0. The lowest BCUT2D eigenvalue weighted by Gasteiger charge is -2.08. The summed E-state index contributed by atoms with van der Waals surface area (Å²) in [6.45, 7) is 1.92. The van der Waals surface area contributed by atoms with Crippen LogP contribution in [0, 0.1) is 0 Å². The first-order chi connectivity index (χ1) is 8.17. The molecule has 0 N–H and O–H groups in total. The van der Waals surface area contributed by atoms with Crippen molar-refractivity contribution >= 4 is 12.1 Å². The van der Waals surface area contributed by atoms with E-state index in [0.717, 1.165) is 0 Å². The van der Waals surface area contributed by atoms with Gasteiger partial charge in [-0.3, -0.25) is 4.79 Å². The second kappa shape index (κ2) is 6.52. The molecule has 0 saturated heterocycles. The zero-order chi connectivity index (χ0) is 12.7. The summed E-state index contributed by atoms with van der Waals surface area (Å²) in [6, 6.07) is 6.73. The molecule has 0 saturated carbocycles. The Balaban J connectivity index is 2.77. The molecule has 1 rings (SSSR count). The van der Waals surface area contributed by atoms with Gasteiger partial charge in [-0.25, -0.2) is 4.79 Å². The molecule has 0 atom stereocenters. The molecule has 0 fully saturated rings. The van der Waals surface area contributed by atoms with Gasteiger partial charge in [0, 0.05) is 5.56 Å². The van der Waals surface area contributed by atoms with Gasteiger partial charge >= 0.3 is 12.1 Å². The first-order valence-electron chi connectivity index (χ1n) is 5.16. The molecule has 0 amide bonds. The lowest BCUT2D eigenvalue weighted by atomic mass is 10.1. The molecule has 17 heavy (non-hydrogen) atoms. The summed E-state index contributed by atoms with van der Waals surface area (Å²) < 4.78 is 14.2. The van der Waals surface area contributed by atoms with Crippen LogP contribution >= 0.6 is 0 Å². The highest BCUT2D eigenvalue weighted by molar-refractivity contribution is 5.74. The third kappa shape index (κ3) is 4.14. The van der Waals surface area contributed by atoms with Gasteiger partial charge in [0.05, 0.1) is 20.1 Å². The van der Waals surface area contributed by atoms with Crippen molar-refractivity contribution in [3.8, 4) is 5.75 Å². The zero-order valence-electron chi connectivity index (χ0n) is 9.76. The summed E-state index contributed by atoms with van der Waals surface area (Å²) in [6.07, 6.45) is -0.740. The number of benzene rings is 1. The van der Waals surface area contributed by atoms with Gasteiger partial charge in [-0.15, -0.1) is 0 Å². The summed E-state index contributed by atoms with van der Waals surface area (Å²) in [4.78, 5) is 22.3. The minimum Gasteiger partial charge on any atom is -0.469 e. The number of methoxy groups -OCH3 is 1. The third-order valence-electron chi connectivity index (χ3n) is 1.99. The Morgan fingerprint density at radius 1 is 1.24 bits per heavy atom. The molecule has 0 spiro atoms. The van der Waals surface area contributed by atoms with Crippen molar-refractivity contribution in [2.45, 2.75) is 13.3 Å². The molecular weight excluding hydrogens is 224 g/mol. The van der Waals surface area contributed by atoms with E-state index < -0.39 is 12.1 Å². The fourth-order valence-electron chi connectivity index (χ4n) is 1.21. The maximum atomic E-state index is 11.2. The van der Waals surface area contributed by atoms with Gasteiger partial charge in [0.15, 0.2) is 0 Å². The molecule has 1 aromatic rings. The van der Waals surface area contributed by atoms with Crippen molar-refractivity contribution in [3.05, 3.63) is 29.8 Å². The molecule has 5 heteroatoms. The van der Waals surface area contributed by atoms with Crippen molar-refractivity contribution in [1.82, 2.24) is 0 Å². The largest absolute Gasteiger partial charge is 0.513 e. The first-order valence-corrected chi connectivity index (χ1v) is 5.16. The van der Waals surface area contributed by atoms with Gasteiger partial charge in [0.2, 0.25) is 0 Å². The quantitative estimate of drug-likeness (QED) is 0.592. The van der Waals surface area contributed by atoms with E-state index in [4.69, 9.17) is 4.74 Å². The molecule has 0 bridgehead atoms. The van der Waals surface area contributed by atoms with Crippen LogP contribution in [0.15, 0.2) is 24.3 Å². The lowest BCUT2D eigenvalue weighted by molar-refractivity contribution is -0.139. The number of rotatable bonds is 4. The van der Waals surface area contributed by atoms with Crippen LogP contribution in [-0.2, 0) is 20.7 Å². The van der Waals surface area contributed by atoms with Crippen LogP contribution in [0.2, 0.25) is 0 Å². The van der Waals surface area contributed by atoms with Gasteiger partial charge in [-0.05, 0) is 13.0 Å². The van der Waals surface area contributed by atoms with Crippen molar-refractivity contribution in [2.75, 3.05) is 13.7 Å². The van der Waals surface area contributed by atoms with Gasteiger partial charge < -0.3 is 14.2 Å². The molecule has 0 aliphatic rings. The predicted octanol–water partition coefficient (Wildman–Crippen LogP) is 1.94. The average Bonchev–Trinajstić information content (AvgIpc) is 2.31. The van der Waals surface area contributed by atoms with E-state index in [2.05, 4.69) is 9.47 Å². The van der Waals surface area contributed by atoms with Crippen LogP contribution in [0.5, 0.6) is 5.75 Å². The minimum atomic E-state index is -0.787. The Labute approximate surface area is 99.3 Å². The molecular formula is C12H14O5. The molecule has 0 radical (unpaired) electrons. The number of para-hydroxylation sites is 1. The summed E-state index contributed by atoms with van der Waals surface area (Å²) >= 11 is 0. The van der Waals surface area contributed by atoms with Crippen LogP contribution < -0.4 is 4.74 Å². The Kier molecular flexibility index (Phi) is 5.00. The van der Waals surface area contributed by atoms with Crippen molar-refractivity contribution in [2.24, 2.45) is 0 Å². The second-order valence-electron chi connectivity index (χ2n) is 3.15. The standard InChI is InChI=1S/C12H14O5/c1-3-16-12(14)17-10-7-5-4-6-9(10)8-11(13)15-2/h4-7H,3,8H2,1-2H3. The Morgan fingerprint density at radius 3 is 2.59 bits per heavy atom. The predicted molar refractivity (Wildman–Crippen MR) is 59.8 cm³/mol. The maximum Gasteiger partial charge on any atom is 0.513 e. The van der Waals surface area contributed by atoms with E-state index >= 15 is 0 Å². The van der Waals surface area contributed by atoms with Gasteiger partial charge in [-0.2, -0.15) is 0 Å². The van der Waals surface area contributed by atoms with Crippen LogP contribution in [0.4, 0.5) is 4.79 Å². The van der Waals surface area contributed by atoms with E-state index in [-0.39, 0.29) is 13.0 Å². The van der Waals surface area contributed by atoms with E-state index in [1.54, 1.807) is 31.2 Å². The van der Waals surface area contributed by atoms with E-state index in [1.165, 1.54) is 7.11 Å². The third-order valence-corrected chi connectivity index (χ3v) is 1.99. The average molecular weight is 238 g/mol. The minimum absolute atomic E-state index is 0.0477. The van der Waals surface area contributed by atoms with Gasteiger partial charge in [-0.1, -0.05) is 18.2 Å². The van der Waals surface area contributed by atoms with Crippen molar-refractivity contribution < 1.29 is 23.8 Å². The van der Waals surface area contributed by atoms with Crippen molar-refractivity contribution in [3.63, 3.8) is 0 Å². The monoisotopic (exact) mass is 238 g/mol. The highest BCUT2D eigenvalue weighted by Gasteiger charge is 2.12. The molecule has 0 aliphatic carbocycles. The van der Waals surface area contributed by atoms with E-state index in [0.29, 0.717) is 11.3 Å². The normalized spacial score (nSPS) is 9.53. The smallest absolute Gasteiger partial charge is 0.469 e. The Morgan fingerprint density at radius 2 is 1.94 bits per heavy atom. The number of carbonyl (C=O) groups excluding carboxylic acids is 2. The van der Waals surface area contributed by atoms with Crippen molar-refractivity contribution in [1.29, 1.82) is 0 Å². The molecule has 5 nitrogen and oxygen atoms in total. The summed E-state index contributed by atoms with van der Waals surface area (Å²) in [7, 11) is 1.30. The van der Waals surface area contributed by atoms with Crippen LogP contribution in [0.3, 0.4) is 0 Å². The second-order valence-corrected chi connectivity index (χ2v) is 3.15. The number of esters is 1. The molecule has 0 unspecified atom stereocenters. The van der Waals surface area contributed by atoms with Crippen LogP contribution in [0.25, 0.3) is 0 Å². The van der Waals surface area contributed by atoms with Gasteiger partial charge in [0.1, 0.15) is 5.75 Å². The molecule has 92 valence electrons. The van der Waals surface area contributed by atoms with E-state index in [1.807, 2.05) is 0 Å². The summed E-state index contributed by atoms with van der Waals surface area (Å²) in [5.41, 5.74) is 0.576. The fourth-order valence-corrected chi connectivity index (χ4v) is 1.21.